The van der Waals surface area contributed by atoms with Crippen LogP contribution in [0, 0.1) is 0 Å². The third-order valence-corrected chi connectivity index (χ3v) is 4.37. The summed E-state index contributed by atoms with van der Waals surface area (Å²) in [5, 5.41) is 19.2. The molecule has 124 valence electrons. The number of methoxy groups -OCH3 is 1. The Kier molecular flexibility index (Phi) is 6.77. The molecule has 2 aromatic carbocycles. The lowest BCUT2D eigenvalue weighted by molar-refractivity contribution is 0.184. The summed E-state index contributed by atoms with van der Waals surface area (Å²) in [6, 6.07) is 13.8. The van der Waals surface area contributed by atoms with Gasteiger partial charge in [-0.25, -0.2) is 0 Å². The van der Waals surface area contributed by atoms with Crippen molar-refractivity contribution in [1.29, 1.82) is 0 Å². The van der Waals surface area contributed by atoms with Crippen molar-refractivity contribution in [2.45, 2.75) is 18.0 Å². The zero-order valence-electron chi connectivity index (χ0n) is 13.5. The second kappa shape index (κ2) is 8.82. The molecule has 0 aromatic heterocycles. The fourth-order valence-corrected chi connectivity index (χ4v) is 2.84. The summed E-state index contributed by atoms with van der Waals surface area (Å²) in [7, 11) is 1.53. The third-order valence-electron chi connectivity index (χ3n) is 3.63. The van der Waals surface area contributed by atoms with Gasteiger partial charge in [0.25, 0.3) is 0 Å². The van der Waals surface area contributed by atoms with Crippen LogP contribution < -0.4 is 4.74 Å². The highest BCUT2D eigenvalue weighted by atomic mass is 32.2. The van der Waals surface area contributed by atoms with Crippen molar-refractivity contribution >= 4 is 11.8 Å². The maximum absolute atomic E-state index is 9.89. The van der Waals surface area contributed by atoms with Crippen molar-refractivity contribution in [1.82, 2.24) is 4.90 Å². The van der Waals surface area contributed by atoms with Crippen molar-refractivity contribution in [3.05, 3.63) is 53.6 Å². The van der Waals surface area contributed by atoms with Crippen LogP contribution >= 0.6 is 11.8 Å². The molecule has 0 bridgehead atoms. The van der Waals surface area contributed by atoms with E-state index in [9.17, 15) is 10.2 Å². The minimum Gasteiger partial charge on any atom is -0.504 e. The van der Waals surface area contributed by atoms with Gasteiger partial charge in [-0.2, -0.15) is 0 Å². The maximum Gasteiger partial charge on any atom is 0.160 e. The summed E-state index contributed by atoms with van der Waals surface area (Å²) in [5.41, 5.74) is 2.19. The van der Waals surface area contributed by atoms with E-state index in [0.717, 1.165) is 12.1 Å². The van der Waals surface area contributed by atoms with E-state index in [1.165, 1.54) is 17.6 Å². The number of aliphatic hydroxyl groups excluding tert-OH is 1. The molecule has 0 heterocycles. The van der Waals surface area contributed by atoms with Gasteiger partial charge >= 0.3 is 0 Å². The second-order valence-corrected chi connectivity index (χ2v) is 6.17. The Morgan fingerprint density at radius 2 is 1.70 bits per heavy atom. The van der Waals surface area contributed by atoms with E-state index in [4.69, 9.17) is 4.74 Å². The van der Waals surface area contributed by atoms with Gasteiger partial charge in [-0.3, -0.25) is 4.90 Å². The molecule has 0 spiro atoms. The highest BCUT2D eigenvalue weighted by Crippen LogP contribution is 2.27. The van der Waals surface area contributed by atoms with Crippen molar-refractivity contribution in [3.63, 3.8) is 0 Å². The van der Waals surface area contributed by atoms with Crippen LogP contribution in [0.2, 0.25) is 0 Å². The molecule has 0 saturated carbocycles. The predicted molar refractivity (Wildman–Crippen MR) is 94.1 cm³/mol. The number of aliphatic hydroxyl groups is 1. The SMILES string of the molecule is COc1ccc(CN(CCO)Cc2ccc(SC)cc2)cc1O. The average molecular weight is 333 g/mol. The highest BCUT2D eigenvalue weighted by Gasteiger charge is 2.09. The standard InChI is InChI=1S/C18H23NO3S/c1-22-18-8-5-15(11-17(18)21)13-19(9-10-20)12-14-3-6-16(23-2)7-4-14/h3-8,11,20-21H,9-10,12-13H2,1-2H3. The monoisotopic (exact) mass is 333 g/mol. The van der Waals surface area contributed by atoms with Crippen molar-refractivity contribution in [2.24, 2.45) is 0 Å². The molecular formula is C18H23NO3S. The summed E-state index contributed by atoms with van der Waals surface area (Å²) in [5.74, 6) is 0.605. The number of aromatic hydroxyl groups is 1. The number of rotatable bonds is 8. The molecule has 0 atom stereocenters. The molecule has 0 aliphatic carbocycles. The van der Waals surface area contributed by atoms with Crippen LogP contribution in [-0.4, -0.2) is 41.6 Å². The van der Waals surface area contributed by atoms with Gasteiger partial charge in [-0.15, -0.1) is 11.8 Å². The van der Waals surface area contributed by atoms with Crippen molar-refractivity contribution in [2.75, 3.05) is 26.5 Å². The first kappa shape index (κ1) is 17.7. The first-order chi connectivity index (χ1) is 11.2. The van der Waals surface area contributed by atoms with Gasteiger partial charge in [0, 0.05) is 24.5 Å². The lowest BCUT2D eigenvalue weighted by atomic mass is 10.1. The largest absolute Gasteiger partial charge is 0.504 e. The van der Waals surface area contributed by atoms with E-state index in [2.05, 4.69) is 35.4 Å². The van der Waals surface area contributed by atoms with Gasteiger partial charge in [0.15, 0.2) is 11.5 Å². The molecule has 0 saturated heterocycles. The number of hydrogen-bond donors (Lipinski definition) is 2. The Morgan fingerprint density at radius 1 is 1.04 bits per heavy atom. The van der Waals surface area contributed by atoms with E-state index < -0.39 is 0 Å². The Labute approximate surface area is 141 Å². The molecule has 0 aliphatic rings. The number of phenols is 1. The fourth-order valence-electron chi connectivity index (χ4n) is 2.44. The first-order valence-corrected chi connectivity index (χ1v) is 8.70. The third kappa shape index (κ3) is 5.16. The number of ether oxygens (including phenoxy) is 1. The molecule has 0 radical (unpaired) electrons. The maximum atomic E-state index is 9.89. The van der Waals surface area contributed by atoms with Gasteiger partial charge < -0.3 is 14.9 Å². The van der Waals surface area contributed by atoms with E-state index in [-0.39, 0.29) is 12.4 Å². The first-order valence-electron chi connectivity index (χ1n) is 7.48. The summed E-state index contributed by atoms with van der Waals surface area (Å²) in [4.78, 5) is 3.39. The number of thioether (sulfide) groups is 1. The Morgan fingerprint density at radius 3 is 2.26 bits per heavy atom. The van der Waals surface area contributed by atoms with E-state index >= 15 is 0 Å². The molecule has 0 amide bonds. The van der Waals surface area contributed by atoms with Crippen molar-refractivity contribution in [3.8, 4) is 11.5 Å². The minimum atomic E-state index is 0.102. The van der Waals surface area contributed by atoms with Gasteiger partial charge in [0.1, 0.15) is 0 Å². The highest BCUT2D eigenvalue weighted by molar-refractivity contribution is 7.98. The van der Waals surface area contributed by atoms with Crippen LogP contribution in [0.5, 0.6) is 11.5 Å². The normalized spacial score (nSPS) is 11.0. The fraction of sp³-hybridized carbons (Fsp3) is 0.333. The molecule has 0 unspecified atom stereocenters. The predicted octanol–water partition coefficient (Wildman–Crippen LogP) is 3.12. The minimum absolute atomic E-state index is 0.102. The number of nitrogens with zero attached hydrogens (tertiary/aromatic N) is 1. The van der Waals surface area contributed by atoms with Gasteiger partial charge in [0.2, 0.25) is 0 Å². The molecule has 5 heteroatoms. The average Bonchev–Trinajstić information content (AvgIpc) is 2.56. The Hall–Kier alpha value is -1.69. The lowest BCUT2D eigenvalue weighted by Gasteiger charge is -2.22. The smallest absolute Gasteiger partial charge is 0.160 e. The molecule has 23 heavy (non-hydrogen) atoms. The van der Waals surface area contributed by atoms with Crippen molar-refractivity contribution < 1.29 is 14.9 Å². The number of hydrogen-bond acceptors (Lipinski definition) is 5. The van der Waals surface area contributed by atoms with Crippen LogP contribution in [0.3, 0.4) is 0 Å². The van der Waals surface area contributed by atoms with Gasteiger partial charge in [-0.05, 0) is 41.6 Å². The summed E-state index contributed by atoms with van der Waals surface area (Å²) < 4.78 is 5.06. The quantitative estimate of drug-likeness (QED) is 0.727. The Bertz CT molecular complexity index is 616. The van der Waals surface area contributed by atoms with Crippen LogP contribution in [0.25, 0.3) is 0 Å². The zero-order chi connectivity index (χ0) is 16.7. The summed E-state index contributed by atoms with van der Waals surface area (Å²) >= 11 is 1.72. The molecule has 4 nitrogen and oxygen atoms in total. The van der Waals surface area contributed by atoms with Crippen LogP contribution in [-0.2, 0) is 13.1 Å². The summed E-state index contributed by atoms with van der Waals surface area (Å²) in [6.07, 6.45) is 2.06. The molecule has 0 fully saturated rings. The number of phenolic OH excluding ortho intramolecular Hbond substituents is 1. The summed E-state index contributed by atoms with van der Waals surface area (Å²) in [6.45, 7) is 2.09. The van der Waals surface area contributed by atoms with E-state index in [1.807, 2.05) is 6.07 Å². The molecule has 2 rings (SSSR count). The van der Waals surface area contributed by atoms with E-state index in [0.29, 0.717) is 18.8 Å². The molecule has 2 aromatic rings. The topological polar surface area (TPSA) is 52.9 Å². The van der Waals surface area contributed by atoms with Crippen LogP contribution in [0.4, 0.5) is 0 Å². The molecular weight excluding hydrogens is 310 g/mol. The second-order valence-electron chi connectivity index (χ2n) is 5.29. The number of benzene rings is 2. The van der Waals surface area contributed by atoms with Gasteiger partial charge in [0.05, 0.1) is 13.7 Å². The molecule has 0 aliphatic heterocycles. The van der Waals surface area contributed by atoms with Crippen LogP contribution in [0.1, 0.15) is 11.1 Å². The van der Waals surface area contributed by atoms with Gasteiger partial charge in [-0.1, -0.05) is 18.2 Å². The Balaban J connectivity index is 2.06. The lowest BCUT2D eigenvalue weighted by Crippen LogP contribution is -2.26. The zero-order valence-corrected chi connectivity index (χ0v) is 14.3. The van der Waals surface area contributed by atoms with E-state index in [1.54, 1.807) is 23.9 Å². The van der Waals surface area contributed by atoms with Crippen LogP contribution in [0.15, 0.2) is 47.4 Å². The molecule has 2 N–H and O–H groups in total.